The summed E-state index contributed by atoms with van der Waals surface area (Å²) in [6.07, 6.45) is -4.21. The van der Waals surface area contributed by atoms with E-state index in [1.54, 1.807) is 65.8 Å². The number of methoxy groups -OCH3 is 1. The van der Waals surface area contributed by atoms with E-state index in [9.17, 15) is 32.8 Å². The lowest BCUT2D eigenvalue weighted by Gasteiger charge is -2.38. The van der Waals surface area contributed by atoms with E-state index in [4.69, 9.17) is 4.74 Å². The number of ether oxygens (including phenoxy) is 2. The van der Waals surface area contributed by atoms with Crippen LogP contribution in [-0.2, 0) is 30.3 Å². The van der Waals surface area contributed by atoms with Crippen LogP contribution in [-0.4, -0.2) is 85.0 Å². The van der Waals surface area contributed by atoms with Crippen molar-refractivity contribution in [3.63, 3.8) is 0 Å². The number of piperidine rings is 1. The van der Waals surface area contributed by atoms with Gasteiger partial charge in [-0.3, -0.25) is 14.4 Å². The van der Waals surface area contributed by atoms with Crippen molar-refractivity contribution in [2.24, 2.45) is 22.7 Å². The molecule has 1 saturated heterocycles. The van der Waals surface area contributed by atoms with Crippen LogP contribution in [0.3, 0.4) is 0 Å². The first-order chi connectivity index (χ1) is 21.2. The van der Waals surface area contributed by atoms with E-state index in [2.05, 4.69) is 20.7 Å². The lowest BCUT2D eigenvalue weighted by molar-refractivity contribution is -0.144. The molecule has 13 heteroatoms. The van der Waals surface area contributed by atoms with E-state index in [-0.39, 0.29) is 30.3 Å². The summed E-state index contributed by atoms with van der Waals surface area (Å²) in [5.74, 6) is -2.71. The van der Waals surface area contributed by atoms with Gasteiger partial charge in [0.1, 0.15) is 23.7 Å². The molecule has 0 radical (unpaired) electrons. The average Bonchev–Trinajstić information content (AvgIpc) is 3.25. The third kappa shape index (κ3) is 8.94. The molecule has 1 aliphatic carbocycles. The molecule has 2 aliphatic rings. The van der Waals surface area contributed by atoms with E-state index in [0.29, 0.717) is 12.0 Å². The van der Waals surface area contributed by atoms with Gasteiger partial charge in [-0.1, -0.05) is 46.8 Å². The Balaban J connectivity index is 1.74. The minimum atomic E-state index is -2.88. The number of hydrogen-bond donors (Lipinski definition) is 3. The minimum Gasteiger partial charge on any atom is -0.465 e. The molecule has 4 amide bonds. The number of carbonyl (C=O) groups is 5. The van der Waals surface area contributed by atoms with E-state index in [1.165, 1.54) is 12.0 Å². The second-order valence-electron chi connectivity index (χ2n) is 14.8. The first-order valence-electron chi connectivity index (χ1n) is 15.5. The Kier molecular flexibility index (Phi) is 11.1. The van der Waals surface area contributed by atoms with Gasteiger partial charge < -0.3 is 30.3 Å². The maximum atomic E-state index is 14.0. The number of rotatable bonds is 11. The van der Waals surface area contributed by atoms with Crippen LogP contribution < -0.4 is 16.0 Å². The number of carbonyl (C=O) groups excluding carboxylic acids is 5. The van der Waals surface area contributed by atoms with E-state index < -0.39 is 71.8 Å². The van der Waals surface area contributed by atoms with Crippen LogP contribution in [0.5, 0.6) is 0 Å². The van der Waals surface area contributed by atoms with Gasteiger partial charge in [-0.05, 0) is 67.6 Å². The van der Waals surface area contributed by atoms with Crippen LogP contribution in [0.25, 0.3) is 0 Å². The fourth-order valence-corrected chi connectivity index (χ4v) is 6.10. The monoisotopic (exact) mass is 650 g/mol. The highest BCUT2D eigenvalue weighted by molar-refractivity contribution is 5.95. The maximum Gasteiger partial charge on any atom is 0.408 e. The topological polar surface area (TPSA) is 143 Å². The molecule has 1 saturated carbocycles. The fraction of sp³-hybridized carbons (Fsp3) is 0.667. The summed E-state index contributed by atoms with van der Waals surface area (Å²) in [6.45, 7) is 14.7. The SMILES string of the molecule is COC(=O)c1ccc(CCNC(=O)[C@H](CC(F)F)NC(=O)[C@@H]2[C@@H]3[C@H](CN2C(=O)[C@@H](NC(=O)OC(C)(C)C)C(C)(C)C)C3(C)C)cc1. The molecular formula is C33H48F2N4O7. The highest BCUT2D eigenvalue weighted by Crippen LogP contribution is 2.65. The van der Waals surface area contributed by atoms with Crippen molar-refractivity contribution in [3.05, 3.63) is 35.4 Å². The Hall–Kier alpha value is -3.77. The van der Waals surface area contributed by atoms with E-state index >= 15 is 0 Å². The Morgan fingerprint density at radius 2 is 1.61 bits per heavy atom. The minimum absolute atomic E-state index is 0.0118. The molecular weight excluding hydrogens is 602 g/mol. The van der Waals surface area contributed by atoms with Gasteiger partial charge in [-0.2, -0.15) is 0 Å². The molecule has 46 heavy (non-hydrogen) atoms. The second-order valence-corrected chi connectivity index (χ2v) is 14.8. The zero-order valence-electron chi connectivity index (χ0n) is 28.2. The Morgan fingerprint density at radius 1 is 1.00 bits per heavy atom. The van der Waals surface area contributed by atoms with Gasteiger partial charge >= 0.3 is 12.1 Å². The number of likely N-dealkylation sites (tertiary alicyclic amines) is 1. The lowest BCUT2D eigenvalue weighted by atomic mass is 9.85. The molecule has 1 aromatic rings. The van der Waals surface area contributed by atoms with Crippen molar-refractivity contribution < 1.29 is 42.2 Å². The third-order valence-corrected chi connectivity index (χ3v) is 8.67. The lowest BCUT2D eigenvalue weighted by Crippen LogP contribution is -2.61. The summed E-state index contributed by atoms with van der Waals surface area (Å²) in [5, 5.41) is 7.78. The quantitative estimate of drug-likeness (QED) is 0.310. The maximum absolute atomic E-state index is 14.0. The summed E-state index contributed by atoms with van der Waals surface area (Å²) in [6, 6.07) is 2.95. The zero-order chi connectivity index (χ0) is 34.8. The number of amides is 4. The molecule has 1 aliphatic heterocycles. The van der Waals surface area contributed by atoms with Crippen molar-refractivity contribution in [3.8, 4) is 0 Å². The van der Waals surface area contributed by atoms with Crippen molar-refractivity contribution in [2.75, 3.05) is 20.2 Å². The van der Waals surface area contributed by atoms with Crippen LogP contribution in [0.1, 0.15) is 77.7 Å². The van der Waals surface area contributed by atoms with Crippen LogP contribution in [0.2, 0.25) is 0 Å². The highest BCUT2D eigenvalue weighted by Gasteiger charge is 2.70. The summed E-state index contributed by atoms with van der Waals surface area (Å²) in [4.78, 5) is 66.5. The van der Waals surface area contributed by atoms with Gasteiger partial charge in [0.05, 0.1) is 12.7 Å². The van der Waals surface area contributed by atoms with Gasteiger partial charge in [-0.15, -0.1) is 0 Å². The van der Waals surface area contributed by atoms with Crippen molar-refractivity contribution in [1.29, 1.82) is 0 Å². The number of alkyl carbamates (subject to hydrolysis) is 1. The molecule has 0 bridgehead atoms. The molecule has 0 aromatic heterocycles. The predicted octanol–water partition coefficient (Wildman–Crippen LogP) is 3.69. The summed E-state index contributed by atoms with van der Waals surface area (Å²) < 4.78 is 37.2. The van der Waals surface area contributed by atoms with Gasteiger partial charge in [-0.25, -0.2) is 18.4 Å². The molecule has 0 unspecified atom stereocenters. The van der Waals surface area contributed by atoms with Crippen LogP contribution in [0.15, 0.2) is 24.3 Å². The molecule has 5 atom stereocenters. The Bertz CT molecular complexity index is 1300. The number of nitrogens with zero attached hydrogens (tertiary/aromatic N) is 1. The first kappa shape index (κ1) is 36.7. The molecule has 256 valence electrons. The van der Waals surface area contributed by atoms with Crippen LogP contribution in [0, 0.1) is 22.7 Å². The van der Waals surface area contributed by atoms with Crippen molar-refractivity contribution >= 4 is 29.8 Å². The normalized spacial score (nSPS) is 21.5. The second kappa shape index (κ2) is 13.9. The Labute approximate surface area is 269 Å². The first-order valence-corrected chi connectivity index (χ1v) is 15.5. The zero-order valence-corrected chi connectivity index (χ0v) is 28.2. The Morgan fingerprint density at radius 3 is 2.13 bits per heavy atom. The molecule has 1 aromatic carbocycles. The highest BCUT2D eigenvalue weighted by atomic mass is 19.3. The summed E-state index contributed by atoms with van der Waals surface area (Å²) in [5.41, 5.74) is -0.678. The molecule has 3 rings (SSSR count). The molecule has 0 spiro atoms. The molecule has 3 N–H and O–H groups in total. The van der Waals surface area contributed by atoms with Crippen molar-refractivity contribution in [1.82, 2.24) is 20.9 Å². The van der Waals surface area contributed by atoms with Gasteiger partial charge in [0.15, 0.2) is 0 Å². The van der Waals surface area contributed by atoms with Crippen LogP contribution in [0.4, 0.5) is 13.6 Å². The average molecular weight is 651 g/mol. The number of halogens is 2. The molecule has 11 nitrogen and oxygen atoms in total. The molecule has 1 heterocycles. The number of benzene rings is 1. The number of esters is 1. The van der Waals surface area contributed by atoms with E-state index in [1.807, 2.05) is 13.8 Å². The van der Waals surface area contributed by atoms with Gasteiger partial charge in [0.25, 0.3) is 0 Å². The number of fused-ring (bicyclic) bond motifs is 1. The molecule has 2 fully saturated rings. The fourth-order valence-electron chi connectivity index (χ4n) is 6.10. The number of nitrogens with one attached hydrogen (secondary N) is 3. The third-order valence-electron chi connectivity index (χ3n) is 8.67. The standard InChI is InChI=1S/C33H48F2N4O7/c1-31(2,3)25(38-30(44)46-32(4,5)6)28(42)39-17-20-23(33(20,7)8)24(39)27(41)37-21(16-22(34)35)26(40)36-15-14-18-10-12-19(13-11-18)29(43)45-9/h10-13,20-25H,14-17H2,1-9H3,(H,36,40)(H,37,41)(H,38,44)/t20-,21-,23-,24-,25+/m0/s1. The summed E-state index contributed by atoms with van der Waals surface area (Å²) >= 11 is 0. The van der Waals surface area contributed by atoms with Crippen LogP contribution >= 0.6 is 0 Å². The van der Waals surface area contributed by atoms with Crippen molar-refractivity contribution in [2.45, 2.75) is 98.4 Å². The predicted molar refractivity (Wildman–Crippen MR) is 166 cm³/mol. The van der Waals surface area contributed by atoms with E-state index in [0.717, 1.165) is 5.56 Å². The summed E-state index contributed by atoms with van der Waals surface area (Å²) in [7, 11) is 1.28. The van der Waals surface area contributed by atoms with Gasteiger partial charge in [0, 0.05) is 19.5 Å². The largest absolute Gasteiger partial charge is 0.465 e. The van der Waals surface area contributed by atoms with Gasteiger partial charge in [0.2, 0.25) is 24.1 Å². The number of hydrogen-bond acceptors (Lipinski definition) is 7. The smallest absolute Gasteiger partial charge is 0.408 e. The number of alkyl halides is 2.